The SMILES string of the molecule is CCCCC[C@H]1CC[C@H](C2CCC(/C=C/[C@H]3CC[C@H](CCc4ccc(F)c(F)c4)CC3)CC2)CC1. The highest BCUT2D eigenvalue weighted by atomic mass is 19.2. The lowest BCUT2D eigenvalue weighted by atomic mass is 9.68. The molecule has 196 valence electrons. The van der Waals surface area contributed by atoms with E-state index in [9.17, 15) is 8.78 Å². The molecule has 3 fully saturated rings. The molecule has 4 rings (SSSR count). The summed E-state index contributed by atoms with van der Waals surface area (Å²) < 4.78 is 26.6. The van der Waals surface area contributed by atoms with Crippen LogP contribution in [0.2, 0.25) is 0 Å². The lowest BCUT2D eigenvalue weighted by Crippen LogP contribution is -2.25. The Kier molecular flexibility index (Phi) is 10.7. The van der Waals surface area contributed by atoms with E-state index in [1.807, 2.05) is 0 Å². The van der Waals surface area contributed by atoms with Gasteiger partial charge in [0.2, 0.25) is 0 Å². The van der Waals surface area contributed by atoms with E-state index >= 15 is 0 Å². The monoisotopic (exact) mass is 484 g/mol. The molecule has 1 aromatic carbocycles. The summed E-state index contributed by atoms with van der Waals surface area (Å²) in [6.07, 6.45) is 29.9. The van der Waals surface area contributed by atoms with E-state index in [1.54, 1.807) is 6.07 Å². The molecule has 0 radical (unpaired) electrons. The number of unbranched alkanes of at least 4 members (excludes halogenated alkanes) is 2. The van der Waals surface area contributed by atoms with E-state index in [0.29, 0.717) is 0 Å². The Balaban J connectivity index is 1.09. The maximum absolute atomic E-state index is 13.4. The summed E-state index contributed by atoms with van der Waals surface area (Å²) in [5, 5.41) is 0. The second kappa shape index (κ2) is 13.9. The van der Waals surface area contributed by atoms with Crippen LogP contribution in [0.1, 0.15) is 122 Å². The zero-order chi connectivity index (χ0) is 24.5. The van der Waals surface area contributed by atoms with Crippen LogP contribution in [0, 0.1) is 47.1 Å². The van der Waals surface area contributed by atoms with E-state index in [1.165, 1.54) is 115 Å². The molecular formula is C33H50F2. The van der Waals surface area contributed by atoms with E-state index in [4.69, 9.17) is 0 Å². The van der Waals surface area contributed by atoms with Gasteiger partial charge in [0.25, 0.3) is 0 Å². The van der Waals surface area contributed by atoms with Crippen LogP contribution in [0.15, 0.2) is 30.4 Å². The van der Waals surface area contributed by atoms with Gasteiger partial charge in [-0.3, -0.25) is 0 Å². The molecule has 2 heteroatoms. The zero-order valence-corrected chi connectivity index (χ0v) is 22.3. The van der Waals surface area contributed by atoms with Gasteiger partial charge in [0.05, 0.1) is 0 Å². The van der Waals surface area contributed by atoms with Crippen LogP contribution >= 0.6 is 0 Å². The van der Waals surface area contributed by atoms with Crippen LogP contribution in [0.4, 0.5) is 8.78 Å². The number of hydrogen-bond acceptors (Lipinski definition) is 0. The molecule has 3 aliphatic carbocycles. The Bertz CT molecular complexity index is 759. The van der Waals surface area contributed by atoms with Gasteiger partial charge in [0.15, 0.2) is 11.6 Å². The Labute approximate surface area is 214 Å². The molecule has 0 unspecified atom stereocenters. The average Bonchev–Trinajstić information content (AvgIpc) is 2.90. The van der Waals surface area contributed by atoms with Gasteiger partial charge in [-0.2, -0.15) is 0 Å². The first-order chi connectivity index (χ1) is 17.1. The third kappa shape index (κ3) is 8.43. The smallest absolute Gasteiger partial charge is 0.159 e. The van der Waals surface area contributed by atoms with Gasteiger partial charge in [0.1, 0.15) is 0 Å². The first-order valence-corrected chi connectivity index (χ1v) is 15.2. The molecule has 0 heterocycles. The van der Waals surface area contributed by atoms with E-state index in [2.05, 4.69) is 19.1 Å². The second-order valence-corrected chi connectivity index (χ2v) is 12.4. The minimum absolute atomic E-state index is 0.712. The van der Waals surface area contributed by atoms with Crippen molar-refractivity contribution in [1.82, 2.24) is 0 Å². The molecule has 1 aromatic rings. The molecule has 0 aliphatic heterocycles. The predicted octanol–water partition coefficient (Wildman–Crippen LogP) is 10.5. The molecule has 0 amide bonds. The summed E-state index contributed by atoms with van der Waals surface area (Å²) in [5.74, 6) is 3.96. The van der Waals surface area contributed by atoms with Gasteiger partial charge < -0.3 is 0 Å². The Hall–Kier alpha value is -1.18. The summed E-state index contributed by atoms with van der Waals surface area (Å²) in [6.45, 7) is 2.32. The minimum Gasteiger partial charge on any atom is -0.204 e. The fourth-order valence-electron chi connectivity index (χ4n) is 7.49. The Morgan fingerprint density at radius 3 is 1.80 bits per heavy atom. The van der Waals surface area contributed by atoms with Crippen molar-refractivity contribution < 1.29 is 8.78 Å². The van der Waals surface area contributed by atoms with Crippen LogP contribution in [0.25, 0.3) is 0 Å². The van der Waals surface area contributed by atoms with Crippen LogP contribution < -0.4 is 0 Å². The Morgan fingerprint density at radius 2 is 1.20 bits per heavy atom. The summed E-state index contributed by atoms with van der Waals surface area (Å²) in [5.41, 5.74) is 0.932. The van der Waals surface area contributed by atoms with Crippen molar-refractivity contribution in [3.8, 4) is 0 Å². The van der Waals surface area contributed by atoms with Crippen LogP contribution in [-0.4, -0.2) is 0 Å². The molecule has 3 aliphatic rings. The molecular weight excluding hydrogens is 434 g/mol. The molecule has 0 nitrogen and oxygen atoms in total. The molecule has 3 saturated carbocycles. The zero-order valence-electron chi connectivity index (χ0n) is 22.3. The highest BCUT2D eigenvalue weighted by molar-refractivity contribution is 5.18. The fourth-order valence-corrected chi connectivity index (χ4v) is 7.49. The molecule has 0 aromatic heterocycles. The number of allylic oxidation sites excluding steroid dienone is 2. The molecule has 0 saturated heterocycles. The Morgan fingerprint density at radius 1 is 0.657 bits per heavy atom. The number of hydrogen-bond donors (Lipinski definition) is 0. The van der Waals surface area contributed by atoms with Crippen molar-refractivity contribution in [1.29, 1.82) is 0 Å². The van der Waals surface area contributed by atoms with Gasteiger partial charge in [-0.25, -0.2) is 8.78 Å². The van der Waals surface area contributed by atoms with Crippen molar-refractivity contribution in [2.45, 2.75) is 122 Å². The number of rotatable bonds is 10. The summed E-state index contributed by atoms with van der Waals surface area (Å²) in [7, 11) is 0. The van der Waals surface area contributed by atoms with Gasteiger partial charge >= 0.3 is 0 Å². The van der Waals surface area contributed by atoms with Crippen molar-refractivity contribution in [2.24, 2.45) is 35.5 Å². The second-order valence-electron chi connectivity index (χ2n) is 12.4. The maximum Gasteiger partial charge on any atom is 0.159 e. The number of halogens is 2. The van der Waals surface area contributed by atoms with Gasteiger partial charge in [-0.15, -0.1) is 0 Å². The van der Waals surface area contributed by atoms with Gasteiger partial charge in [-0.1, -0.05) is 63.7 Å². The lowest BCUT2D eigenvalue weighted by Gasteiger charge is -2.37. The number of benzene rings is 1. The third-order valence-corrected chi connectivity index (χ3v) is 9.96. The average molecular weight is 485 g/mol. The standard InChI is InChI=1S/C33H50F2/c1-2-3-4-5-25-14-19-30(20-15-25)31-21-16-28(17-22-31)11-10-26-6-8-27(9-7-26)12-13-29-18-23-32(34)33(35)24-29/h10-11,18,23-28,30-31H,2-9,12-17,19-22H2,1H3/b11-10+/t25-,26-,27-,28?,30-,31?. The van der Waals surface area contributed by atoms with Gasteiger partial charge in [0, 0.05) is 0 Å². The normalized spacial score (nSPS) is 32.2. The largest absolute Gasteiger partial charge is 0.204 e. The predicted molar refractivity (Wildman–Crippen MR) is 144 cm³/mol. The fraction of sp³-hybridized carbons (Fsp3) is 0.758. The van der Waals surface area contributed by atoms with Crippen LogP contribution in [0.5, 0.6) is 0 Å². The summed E-state index contributed by atoms with van der Waals surface area (Å²) >= 11 is 0. The van der Waals surface area contributed by atoms with E-state index in [0.717, 1.165) is 53.9 Å². The maximum atomic E-state index is 13.4. The quantitative estimate of drug-likeness (QED) is 0.229. The molecule has 35 heavy (non-hydrogen) atoms. The van der Waals surface area contributed by atoms with Crippen molar-refractivity contribution >= 4 is 0 Å². The topological polar surface area (TPSA) is 0 Å². The van der Waals surface area contributed by atoms with E-state index < -0.39 is 11.6 Å². The molecule has 0 spiro atoms. The molecule has 0 N–H and O–H groups in total. The minimum atomic E-state index is -0.741. The first kappa shape index (κ1) is 26.9. The first-order valence-electron chi connectivity index (χ1n) is 15.2. The highest BCUT2D eigenvalue weighted by Gasteiger charge is 2.30. The molecule has 0 bridgehead atoms. The van der Waals surface area contributed by atoms with Crippen molar-refractivity contribution in [3.63, 3.8) is 0 Å². The summed E-state index contributed by atoms with van der Waals surface area (Å²) in [6, 6.07) is 4.37. The highest BCUT2D eigenvalue weighted by Crippen LogP contribution is 2.43. The third-order valence-electron chi connectivity index (χ3n) is 9.96. The van der Waals surface area contributed by atoms with E-state index in [-0.39, 0.29) is 0 Å². The van der Waals surface area contributed by atoms with Gasteiger partial charge in [-0.05, 0) is 130 Å². The van der Waals surface area contributed by atoms with Crippen LogP contribution in [0.3, 0.4) is 0 Å². The van der Waals surface area contributed by atoms with Crippen molar-refractivity contribution in [2.75, 3.05) is 0 Å². The van der Waals surface area contributed by atoms with Crippen LogP contribution in [-0.2, 0) is 6.42 Å². The van der Waals surface area contributed by atoms with Crippen molar-refractivity contribution in [3.05, 3.63) is 47.5 Å². The lowest BCUT2D eigenvalue weighted by molar-refractivity contribution is 0.151. The number of aryl methyl sites for hydroxylation is 1. The molecule has 0 atom stereocenters. The summed E-state index contributed by atoms with van der Waals surface area (Å²) in [4.78, 5) is 0.